The van der Waals surface area contributed by atoms with Crippen molar-refractivity contribution in [1.29, 1.82) is 0 Å². The number of esters is 1. The van der Waals surface area contributed by atoms with Crippen LogP contribution < -0.4 is 15.3 Å². The zero-order valence-electron chi connectivity index (χ0n) is 23.4. The lowest BCUT2D eigenvalue weighted by molar-refractivity contribution is 0.000307. The number of thiophene rings is 1. The number of anilines is 2. The lowest BCUT2D eigenvalue weighted by atomic mass is 10.1. The number of nitrogens with zero attached hydrogens (tertiary/aromatic N) is 6. The first kappa shape index (κ1) is 28.8. The average Bonchev–Trinajstić information content (AvgIpc) is 3.38. The third-order valence-corrected chi connectivity index (χ3v) is 7.41. The van der Waals surface area contributed by atoms with Crippen molar-refractivity contribution in [2.24, 2.45) is 0 Å². The van der Waals surface area contributed by atoms with Crippen LogP contribution in [0.25, 0.3) is 21.6 Å². The molecule has 1 aliphatic rings. The standard InChI is InChI=1S/C28H33N7O5S/c1-28(2,3)40-26(37)18-7-5-6-17(12-18)23-31-21-13-20(41-22(21)24(32-23)35-8-10-39-11-9-35)16-34(4)27-29-14-19(15-30-27)25(36)33-38/h5-7,12-15,25,33,36,38H,8-11,16H2,1-4H3. The number of hydrogen-bond donors (Lipinski definition) is 3. The quantitative estimate of drug-likeness (QED) is 0.159. The number of benzene rings is 1. The summed E-state index contributed by atoms with van der Waals surface area (Å²) in [5.41, 5.74) is 3.48. The predicted molar refractivity (Wildman–Crippen MR) is 155 cm³/mol. The maximum atomic E-state index is 12.7. The molecule has 1 aliphatic heterocycles. The zero-order valence-corrected chi connectivity index (χ0v) is 24.2. The Labute approximate surface area is 241 Å². The highest BCUT2D eigenvalue weighted by Crippen LogP contribution is 2.35. The molecule has 1 atom stereocenters. The van der Waals surface area contributed by atoms with Crippen molar-refractivity contribution in [3.05, 3.63) is 58.7 Å². The van der Waals surface area contributed by atoms with Crippen molar-refractivity contribution in [1.82, 2.24) is 25.4 Å². The minimum Gasteiger partial charge on any atom is -0.456 e. The first-order chi connectivity index (χ1) is 19.6. The van der Waals surface area contributed by atoms with Gasteiger partial charge in [0.25, 0.3) is 0 Å². The number of nitrogens with one attached hydrogen (secondary N) is 1. The first-order valence-electron chi connectivity index (χ1n) is 13.2. The third-order valence-electron chi connectivity index (χ3n) is 6.30. The van der Waals surface area contributed by atoms with E-state index in [-0.39, 0.29) is 0 Å². The molecule has 41 heavy (non-hydrogen) atoms. The monoisotopic (exact) mass is 579 g/mol. The van der Waals surface area contributed by atoms with Crippen LogP contribution in [0.2, 0.25) is 0 Å². The maximum Gasteiger partial charge on any atom is 0.338 e. The van der Waals surface area contributed by atoms with Crippen LogP contribution in [0, 0.1) is 0 Å². The van der Waals surface area contributed by atoms with Gasteiger partial charge < -0.3 is 29.6 Å². The molecule has 0 spiro atoms. The van der Waals surface area contributed by atoms with Gasteiger partial charge in [-0.25, -0.2) is 24.7 Å². The molecule has 1 fully saturated rings. The molecule has 4 heterocycles. The minimum absolute atomic E-state index is 0.347. The number of rotatable bonds is 8. The highest BCUT2D eigenvalue weighted by atomic mass is 32.1. The van der Waals surface area contributed by atoms with Crippen molar-refractivity contribution in [2.75, 3.05) is 43.2 Å². The molecule has 3 aromatic heterocycles. The molecule has 13 heteroatoms. The van der Waals surface area contributed by atoms with E-state index in [9.17, 15) is 9.90 Å². The topological polar surface area (TPSA) is 146 Å². The average molecular weight is 580 g/mol. The summed E-state index contributed by atoms with van der Waals surface area (Å²) in [4.78, 5) is 36.4. The third kappa shape index (κ3) is 6.77. The lowest BCUT2D eigenvalue weighted by Gasteiger charge is -2.28. The second-order valence-electron chi connectivity index (χ2n) is 10.7. The Hall–Kier alpha value is -3.75. The molecule has 1 saturated heterocycles. The molecule has 0 radical (unpaired) electrons. The number of fused-ring (bicyclic) bond motifs is 1. The van der Waals surface area contributed by atoms with Crippen LogP contribution in [-0.2, 0) is 16.0 Å². The highest BCUT2D eigenvalue weighted by molar-refractivity contribution is 7.19. The molecule has 0 bridgehead atoms. The van der Waals surface area contributed by atoms with Crippen LogP contribution in [0.1, 0.15) is 47.8 Å². The summed E-state index contributed by atoms with van der Waals surface area (Å²) in [6.45, 7) is 8.70. The predicted octanol–water partition coefficient (Wildman–Crippen LogP) is 3.55. The Morgan fingerprint density at radius 2 is 1.93 bits per heavy atom. The van der Waals surface area contributed by atoms with Crippen molar-refractivity contribution in [3.8, 4) is 11.4 Å². The summed E-state index contributed by atoms with van der Waals surface area (Å²) < 4.78 is 12.1. The number of aliphatic hydroxyl groups is 1. The summed E-state index contributed by atoms with van der Waals surface area (Å²) in [5, 5.41) is 18.6. The lowest BCUT2D eigenvalue weighted by Crippen LogP contribution is -2.36. The van der Waals surface area contributed by atoms with Gasteiger partial charge in [0.2, 0.25) is 5.95 Å². The van der Waals surface area contributed by atoms with Crippen LogP contribution in [0.5, 0.6) is 0 Å². The summed E-state index contributed by atoms with van der Waals surface area (Å²) in [6, 6.07) is 9.24. The van der Waals surface area contributed by atoms with E-state index in [2.05, 4.69) is 14.9 Å². The van der Waals surface area contributed by atoms with Gasteiger partial charge >= 0.3 is 5.97 Å². The van der Waals surface area contributed by atoms with Gasteiger partial charge in [0.05, 0.1) is 35.5 Å². The number of hydrogen-bond acceptors (Lipinski definition) is 13. The van der Waals surface area contributed by atoms with E-state index in [0.29, 0.717) is 55.7 Å². The zero-order chi connectivity index (χ0) is 29.1. The van der Waals surface area contributed by atoms with E-state index >= 15 is 0 Å². The summed E-state index contributed by atoms with van der Waals surface area (Å²) in [6.07, 6.45) is 1.66. The second-order valence-corrected chi connectivity index (χ2v) is 11.8. The van der Waals surface area contributed by atoms with Gasteiger partial charge in [-0.15, -0.1) is 11.3 Å². The van der Waals surface area contributed by atoms with Crippen molar-refractivity contribution in [3.63, 3.8) is 0 Å². The normalized spacial score (nSPS) is 14.7. The van der Waals surface area contributed by atoms with Crippen LogP contribution in [0.4, 0.5) is 11.8 Å². The Kier molecular flexibility index (Phi) is 8.42. The summed E-state index contributed by atoms with van der Waals surface area (Å²) in [5.74, 6) is 1.43. The highest BCUT2D eigenvalue weighted by Gasteiger charge is 2.22. The number of carbonyl (C=O) groups is 1. The maximum absolute atomic E-state index is 12.7. The van der Waals surface area contributed by atoms with Gasteiger partial charge in [0.1, 0.15) is 5.60 Å². The molecular weight excluding hydrogens is 546 g/mol. The number of morpholine rings is 1. The molecule has 3 N–H and O–H groups in total. The summed E-state index contributed by atoms with van der Waals surface area (Å²) >= 11 is 1.61. The summed E-state index contributed by atoms with van der Waals surface area (Å²) in [7, 11) is 1.88. The molecular formula is C28H33N7O5S. The second kappa shape index (κ2) is 12.0. The Morgan fingerprint density at radius 1 is 1.20 bits per heavy atom. The van der Waals surface area contributed by atoms with Gasteiger partial charge in [-0.3, -0.25) is 0 Å². The number of carbonyl (C=O) groups excluding carboxylic acids is 1. The van der Waals surface area contributed by atoms with Gasteiger partial charge in [-0.2, -0.15) is 5.48 Å². The molecule has 4 aromatic rings. The molecule has 0 amide bonds. The number of aromatic nitrogens is 4. The van der Waals surface area contributed by atoms with Gasteiger partial charge in [-0.1, -0.05) is 12.1 Å². The van der Waals surface area contributed by atoms with E-state index < -0.39 is 17.8 Å². The number of aliphatic hydroxyl groups excluding tert-OH is 1. The van der Waals surface area contributed by atoms with Gasteiger partial charge in [0.15, 0.2) is 17.9 Å². The van der Waals surface area contributed by atoms with Crippen LogP contribution in [-0.4, -0.2) is 75.2 Å². The van der Waals surface area contributed by atoms with E-state index in [1.54, 1.807) is 28.9 Å². The number of ether oxygens (including phenoxy) is 2. The Bertz CT molecular complexity index is 1520. The Balaban J connectivity index is 1.48. The fraction of sp³-hybridized carbons (Fsp3) is 0.393. The SMILES string of the molecule is CN(Cc1cc2nc(-c3cccc(C(=O)OC(C)(C)C)c3)nc(N3CCOCC3)c2s1)c1ncc(C(O)NO)cn1. The molecule has 216 valence electrons. The largest absolute Gasteiger partial charge is 0.456 e. The fourth-order valence-corrected chi connectivity index (χ4v) is 5.50. The molecule has 1 aromatic carbocycles. The fourth-order valence-electron chi connectivity index (χ4n) is 4.33. The van der Waals surface area contributed by atoms with Gasteiger partial charge in [-0.05, 0) is 39.0 Å². The van der Waals surface area contributed by atoms with Crippen molar-refractivity contribution < 1.29 is 24.6 Å². The van der Waals surface area contributed by atoms with Crippen LogP contribution in [0.15, 0.2) is 42.7 Å². The van der Waals surface area contributed by atoms with Gasteiger partial charge in [0, 0.05) is 48.5 Å². The Morgan fingerprint density at radius 3 is 2.61 bits per heavy atom. The number of hydroxylamine groups is 1. The molecule has 5 rings (SSSR count). The van der Waals surface area contributed by atoms with E-state index in [4.69, 9.17) is 24.6 Å². The smallest absolute Gasteiger partial charge is 0.338 e. The first-order valence-corrected chi connectivity index (χ1v) is 14.0. The molecule has 0 saturated carbocycles. The van der Waals surface area contributed by atoms with E-state index in [1.165, 1.54) is 12.4 Å². The van der Waals surface area contributed by atoms with E-state index in [0.717, 1.165) is 26.5 Å². The van der Waals surface area contributed by atoms with Crippen LogP contribution in [0.3, 0.4) is 0 Å². The molecule has 12 nitrogen and oxygen atoms in total. The van der Waals surface area contributed by atoms with E-state index in [1.807, 2.05) is 50.9 Å². The van der Waals surface area contributed by atoms with Crippen LogP contribution >= 0.6 is 11.3 Å². The molecule has 0 aliphatic carbocycles. The van der Waals surface area contributed by atoms with Crippen molar-refractivity contribution >= 4 is 39.3 Å². The van der Waals surface area contributed by atoms with Crippen molar-refractivity contribution in [2.45, 2.75) is 39.1 Å². The molecule has 1 unspecified atom stereocenters. The minimum atomic E-state index is -1.26.